The molecule has 7 heteroatoms. The van der Waals surface area contributed by atoms with Crippen molar-refractivity contribution >= 4 is 0 Å². The van der Waals surface area contributed by atoms with Gasteiger partial charge in [-0.3, -0.25) is 0 Å². The van der Waals surface area contributed by atoms with E-state index in [0.717, 1.165) is 0 Å². The van der Waals surface area contributed by atoms with Crippen molar-refractivity contribution in [3.05, 3.63) is 23.9 Å². The molecular formula is C12H7N5O2. The van der Waals surface area contributed by atoms with E-state index in [4.69, 9.17) is 20.0 Å². The lowest BCUT2D eigenvalue weighted by molar-refractivity contribution is 0.174. The van der Waals surface area contributed by atoms with Crippen LogP contribution in [-0.4, -0.2) is 21.8 Å². The Balaban J connectivity index is 2.14. The van der Waals surface area contributed by atoms with Gasteiger partial charge < -0.3 is 9.47 Å². The highest BCUT2D eigenvalue weighted by atomic mass is 16.7. The molecule has 0 N–H and O–H groups in total. The van der Waals surface area contributed by atoms with Crippen molar-refractivity contribution in [2.24, 2.45) is 0 Å². The van der Waals surface area contributed by atoms with Crippen LogP contribution in [0.5, 0.6) is 11.5 Å². The van der Waals surface area contributed by atoms with E-state index in [0.29, 0.717) is 22.8 Å². The normalized spacial score (nSPS) is 11.9. The Morgan fingerprint density at radius 1 is 1.26 bits per heavy atom. The van der Waals surface area contributed by atoms with E-state index >= 15 is 0 Å². The minimum atomic E-state index is 0.0262. The summed E-state index contributed by atoms with van der Waals surface area (Å²) in [4.78, 5) is 0. The Morgan fingerprint density at radius 2 is 2.11 bits per heavy atom. The molecule has 0 saturated carbocycles. The summed E-state index contributed by atoms with van der Waals surface area (Å²) >= 11 is 0. The standard InChI is InChI=1S/C12H7N5O2/c13-3-4-17-12(9(6-14)15-16-17)8-1-2-10-11(5-8)19-7-18-10/h1-2,5H,4,7H2. The van der Waals surface area contributed by atoms with Crippen LogP contribution in [0.1, 0.15) is 5.69 Å². The second kappa shape index (κ2) is 4.31. The van der Waals surface area contributed by atoms with Crippen molar-refractivity contribution in [2.75, 3.05) is 6.79 Å². The Morgan fingerprint density at radius 3 is 2.89 bits per heavy atom. The third-order valence-corrected chi connectivity index (χ3v) is 2.71. The van der Waals surface area contributed by atoms with Gasteiger partial charge in [-0.1, -0.05) is 5.21 Å². The molecule has 1 aromatic carbocycles. The third kappa shape index (κ3) is 1.74. The molecule has 3 rings (SSSR count). The maximum absolute atomic E-state index is 9.05. The summed E-state index contributed by atoms with van der Waals surface area (Å²) in [6, 6.07) is 9.22. The number of nitrogens with zero attached hydrogens (tertiary/aromatic N) is 5. The van der Waals surface area contributed by atoms with E-state index in [9.17, 15) is 0 Å². The number of hydrogen-bond acceptors (Lipinski definition) is 6. The number of aromatic nitrogens is 3. The number of nitriles is 2. The summed E-state index contributed by atoms with van der Waals surface area (Å²) in [5, 5.41) is 25.4. The van der Waals surface area contributed by atoms with Crippen molar-refractivity contribution in [1.82, 2.24) is 15.0 Å². The van der Waals surface area contributed by atoms with Crippen molar-refractivity contribution in [3.8, 4) is 34.9 Å². The number of rotatable bonds is 2. The second-order valence-corrected chi connectivity index (χ2v) is 3.78. The Kier molecular flexibility index (Phi) is 2.51. The molecule has 92 valence electrons. The van der Waals surface area contributed by atoms with E-state index in [1.807, 2.05) is 12.1 Å². The minimum Gasteiger partial charge on any atom is -0.454 e. The van der Waals surface area contributed by atoms with Gasteiger partial charge in [0.1, 0.15) is 18.3 Å². The first-order chi connectivity index (χ1) is 9.33. The highest BCUT2D eigenvalue weighted by Crippen LogP contribution is 2.36. The van der Waals surface area contributed by atoms with Gasteiger partial charge in [0.05, 0.1) is 6.07 Å². The molecule has 0 atom stereocenters. The lowest BCUT2D eigenvalue weighted by atomic mass is 10.1. The number of benzene rings is 1. The van der Waals surface area contributed by atoms with Crippen LogP contribution in [0.4, 0.5) is 0 Å². The van der Waals surface area contributed by atoms with E-state index < -0.39 is 0 Å². The first-order valence-corrected chi connectivity index (χ1v) is 5.44. The van der Waals surface area contributed by atoms with Gasteiger partial charge in [-0.05, 0) is 18.2 Å². The molecule has 1 aliphatic rings. The average molecular weight is 253 g/mol. The first kappa shape index (κ1) is 11.1. The predicted octanol–water partition coefficient (Wildman–Crippen LogP) is 1.07. The minimum absolute atomic E-state index is 0.0262. The third-order valence-electron chi connectivity index (χ3n) is 2.71. The fourth-order valence-electron chi connectivity index (χ4n) is 1.90. The average Bonchev–Trinajstić information content (AvgIpc) is 3.04. The number of fused-ring (bicyclic) bond motifs is 1. The van der Waals surface area contributed by atoms with Crippen LogP contribution < -0.4 is 9.47 Å². The van der Waals surface area contributed by atoms with Crippen LogP contribution in [0.2, 0.25) is 0 Å². The summed E-state index contributed by atoms with van der Waals surface area (Å²) in [6.45, 7) is 0.206. The zero-order valence-corrected chi connectivity index (χ0v) is 9.70. The van der Waals surface area contributed by atoms with Crippen LogP contribution in [0.25, 0.3) is 11.3 Å². The molecule has 0 saturated heterocycles. The molecule has 0 spiro atoms. The topological polar surface area (TPSA) is 96.8 Å². The maximum atomic E-state index is 9.05. The SMILES string of the molecule is N#CCn1nnc(C#N)c1-c1ccc2c(c1)OCO2. The summed E-state index contributed by atoms with van der Waals surface area (Å²) in [7, 11) is 0. The highest BCUT2D eigenvalue weighted by Gasteiger charge is 2.19. The largest absolute Gasteiger partial charge is 0.454 e. The van der Waals surface area contributed by atoms with Gasteiger partial charge >= 0.3 is 0 Å². The van der Waals surface area contributed by atoms with Crippen LogP contribution in [0.15, 0.2) is 18.2 Å². The molecular weight excluding hydrogens is 246 g/mol. The Bertz CT molecular complexity index is 723. The summed E-state index contributed by atoms with van der Waals surface area (Å²) in [5.41, 5.74) is 1.39. The molecule has 2 heterocycles. The maximum Gasteiger partial charge on any atom is 0.231 e. The van der Waals surface area contributed by atoms with Crippen molar-refractivity contribution in [3.63, 3.8) is 0 Å². The first-order valence-electron chi connectivity index (χ1n) is 5.44. The molecule has 0 radical (unpaired) electrons. The summed E-state index contributed by atoms with van der Waals surface area (Å²) < 4.78 is 11.9. The molecule has 2 aromatic rings. The Labute approximate surface area is 108 Å². The monoisotopic (exact) mass is 253 g/mol. The van der Waals surface area contributed by atoms with Gasteiger partial charge in [0.15, 0.2) is 17.2 Å². The molecule has 0 aliphatic carbocycles. The number of hydrogen-bond donors (Lipinski definition) is 0. The second-order valence-electron chi connectivity index (χ2n) is 3.78. The van der Waals surface area contributed by atoms with Crippen LogP contribution in [0.3, 0.4) is 0 Å². The summed E-state index contributed by atoms with van der Waals surface area (Å²) in [6.07, 6.45) is 0. The molecule has 1 aliphatic heterocycles. The van der Waals surface area contributed by atoms with Crippen LogP contribution in [-0.2, 0) is 6.54 Å². The molecule has 0 fully saturated rings. The zero-order valence-electron chi connectivity index (χ0n) is 9.70. The molecule has 0 unspecified atom stereocenters. The molecule has 7 nitrogen and oxygen atoms in total. The quantitative estimate of drug-likeness (QED) is 0.794. The van der Waals surface area contributed by atoms with Gasteiger partial charge in [-0.15, -0.1) is 5.10 Å². The molecule has 19 heavy (non-hydrogen) atoms. The van der Waals surface area contributed by atoms with Crippen LogP contribution in [0, 0.1) is 22.7 Å². The molecule has 0 amide bonds. The van der Waals surface area contributed by atoms with Gasteiger partial charge in [0, 0.05) is 5.56 Å². The van der Waals surface area contributed by atoms with E-state index in [2.05, 4.69) is 10.3 Å². The predicted molar refractivity (Wildman–Crippen MR) is 61.9 cm³/mol. The van der Waals surface area contributed by atoms with Crippen LogP contribution >= 0.6 is 0 Å². The van der Waals surface area contributed by atoms with Crippen molar-refractivity contribution < 1.29 is 9.47 Å². The fourth-order valence-corrected chi connectivity index (χ4v) is 1.90. The van der Waals surface area contributed by atoms with E-state index in [1.54, 1.807) is 18.2 Å². The van der Waals surface area contributed by atoms with Gasteiger partial charge in [-0.25, -0.2) is 4.68 Å². The number of ether oxygens (including phenoxy) is 2. The molecule has 1 aromatic heterocycles. The fraction of sp³-hybridized carbons (Fsp3) is 0.167. The van der Waals surface area contributed by atoms with Gasteiger partial charge in [0.25, 0.3) is 0 Å². The van der Waals surface area contributed by atoms with E-state index in [-0.39, 0.29) is 19.0 Å². The highest BCUT2D eigenvalue weighted by molar-refractivity contribution is 5.68. The smallest absolute Gasteiger partial charge is 0.231 e. The zero-order chi connectivity index (χ0) is 13.2. The lowest BCUT2D eigenvalue weighted by Crippen LogP contribution is -2.01. The lowest BCUT2D eigenvalue weighted by Gasteiger charge is -2.04. The summed E-state index contributed by atoms with van der Waals surface area (Å²) in [5.74, 6) is 1.26. The Hall–Kier alpha value is -3.06. The van der Waals surface area contributed by atoms with Gasteiger partial charge in [-0.2, -0.15) is 10.5 Å². The van der Waals surface area contributed by atoms with E-state index in [1.165, 1.54) is 4.68 Å². The van der Waals surface area contributed by atoms with Gasteiger partial charge in [0.2, 0.25) is 6.79 Å². The van der Waals surface area contributed by atoms with Crippen molar-refractivity contribution in [1.29, 1.82) is 10.5 Å². The van der Waals surface area contributed by atoms with Crippen molar-refractivity contribution in [2.45, 2.75) is 6.54 Å². The molecule has 0 bridgehead atoms.